The van der Waals surface area contributed by atoms with E-state index in [4.69, 9.17) is 4.74 Å². The molecule has 1 N–H and O–H groups in total. The van der Waals surface area contributed by atoms with E-state index in [1.165, 1.54) is 37.5 Å². The van der Waals surface area contributed by atoms with E-state index in [0.29, 0.717) is 11.4 Å². The Labute approximate surface area is 172 Å². The molecule has 1 atom stereocenters. The van der Waals surface area contributed by atoms with Gasteiger partial charge in [0.25, 0.3) is 5.91 Å². The van der Waals surface area contributed by atoms with Crippen molar-refractivity contribution in [1.82, 2.24) is 19.7 Å². The molecule has 154 valence electrons. The summed E-state index contributed by atoms with van der Waals surface area (Å²) in [6, 6.07) is 7.56. The van der Waals surface area contributed by atoms with Gasteiger partial charge in [-0.25, -0.2) is 23.8 Å². The molecule has 2 heterocycles. The molecule has 30 heavy (non-hydrogen) atoms. The molecular weight excluding hydrogens is 389 g/mol. The van der Waals surface area contributed by atoms with Crippen molar-refractivity contribution < 1.29 is 18.7 Å². The van der Waals surface area contributed by atoms with Gasteiger partial charge in [0, 0.05) is 29.7 Å². The van der Waals surface area contributed by atoms with Gasteiger partial charge in [0.15, 0.2) is 6.10 Å². The van der Waals surface area contributed by atoms with Gasteiger partial charge in [-0.15, -0.1) is 0 Å². The van der Waals surface area contributed by atoms with Gasteiger partial charge in [-0.2, -0.15) is 5.10 Å². The van der Waals surface area contributed by atoms with Crippen LogP contribution < -0.4 is 5.32 Å². The summed E-state index contributed by atoms with van der Waals surface area (Å²) in [5.41, 5.74) is 2.89. The maximum absolute atomic E-state index is 13.2. The standard InChI is InChI=1S/C21H20FN5O3/c1-13-18(14(2)27(26-13)17-7-5-16(22)6-8-17)9-10-19(28)30-15(3)20(29)25-21-23-11-4-12-24-21/h4-12,15H,1-3H3,(H,23,24,25,29)/b10-9+. The number of benzene rings is 1. The molecule has 0 radical (unpaired) electrons. The average molecular weight is 409 g/mol. The Balaban J connectivity index is 1.66. The molecule has 0 aliphatic heterocycles. The van der Waals surface area contributed by atoms with E-state index < -0.39 is 18.0 Å². The third-order valence-electron chi connectivity index (χ3n) is 4.27. The summed E-state index contributed by atoms with van der Waals surface area (Å²) in [6.07, 6.45) is 4.74. The van der Waals surface area contributed by atoms with Gasteiger partial charge in [0.1, 0.15) is 5.82 Å². The van der Waals surface area contributed by atoms with Crippen LogP contribution in [0.15, 0.2) is 48.8 Å². The summed E-state index contributed by atoms with van der Waals surface area (Å²) >= 11 is 0. The molecular formula is C21H20FN5O3. The average Bonchev–Trinajstić information content (AvgIpc) is 3.01. The number of amides is 1. The number of hydrogen-bond acceptors (Lipinski definition) is 6. The summed E-state index contributed by atoms with van der Waals surface area (Å²) in [7, 11) is 0. The lowest BCUT2D eigenvalue weighted by molar-refractivity contribution is -0.148. The van der Waals surface area contributed by atoms with Crippen LogP contribution >= 0.6 is 0 Å². The highest BCUT2D eigenvalue weighted by molar-refractivity contribution is 5.95. The smallest absolute Gasteiger partial charge is 0.331 e. The lowest BCUT2D eigenvalue weighted by Crippen LogP contribution is -2.30. The van der Waals surface area contributed by atoms with E-state index >= 15 is 0 Å². The number of aromatic nitrogens is 4. The minimum atomic E-state index is -1.03. The summed E-state index contributed by atoms with van der Waals surface area (Å²) in [6.45, 7) is 5.09. The van der Waals surface area contributed by atoms with Gasteiger partial charge in [-0.05, 0) is 57.2 Å². The lowest BCUT2D eigenvalue weighted by atomic mass is 10.2. The Hall–Kier alpha value is -3.88. The zero-order valence-electron chi connectivity index (χ0n) is 16.7. The van der Waals surface area contributed by atoms with Crippen molar-refractivity contribution in [3.63, 3.8) is 0 Å². The van der Waals surface area contributed by atoms with E-state index in [2.05, 4.69) is 20.4 Å². The molecule has 3 aromatic rings. The van der Waals surface area contributed by atoms with Crippen molar-refractivity contribution in [3.05, 3.63) is 71.6 Å². The van der Waals surface area contributed by atoms with Crippen LogP contribution in [0.25, 0.3) is 11.8 Å². The number of carbonyl (C=O) groups excluding carboxylic acids is 2. The first kappa shape index (κ1) is 20.8. The van der Waals surface area contributed by atoms with Gasteiger partial charge in [0.2, 0.25) is 5.95 Å². The maximum Gasteiger partial charge on any atom is 0.331 e. The number of nitrogens with zero attached hydrogens (tertiary/aromatic N) is 4. The molecule has 2 aromatic heterocycles. The molecule has 0 saturated carbocycles. The predicted octanol–water partition coefficient (Wildman–Crippen LogP) is 3.00. The third kappa shape index (κ3) is 4.93. The molecule has 1 unspecified atom stereocenters. The van der Waals surface area contributed by atoms with Crippen LogP contribution in [0, 0.1) is 19.7 Å². The summed E-state index contributed by atoms with van der Waals surface area (Å²) in [5, 5.41) is 6.90. The largest absolute Gasteiger partial charge is 0.449 e. The molecule has 8 nitrogen and oxygen atoms in total. The Morgan fingerprint density at radius 2 is 1.83 bits per heavy atom. The van der Waals surface area contributed by atoms with E-state index in [1.807, 2.05) is 6.92 Å². The molecule has 0 bridgehead atoms. The monoisotopic (exact) mass is 409 g/mol. The van der Waals surface area contributed by atoms with Crippen LogP contribution in [0.3, 0.4) is 0 Å². The van der Waals surface area contributed by atoms with E-state index in [-0.39, 0.29) is 11.8 Å². The highest BCUT2D eigenvalue weighted by atomic mass is 19.1. The van der Waals surface area contributed by atoms with Crippen LogP contribution in [-0.4, -0.2) is 37.7 Å². The highest BCUT2D eigenvalue weighted by Crippen LogP contribution is 2.19. The second kappa shape index (κ2) is 9.08. The van der Waals surface area contributed by atoms with Crippen LogP contribution in [0.2, 0.25) is 0 Å². The minimum Gasteiger partial charge on any atom is -0.449 e. The third-order valence-corrected chi connectivity index (χ3v) is 4.27. The number of hydrogen-bond donors (Lipinski definition) is 1. The number of carbonyl (C=O) groups is 2. The van der Waals surface area contributed by atoms with Crippen molar-refractivity contribution in [2.45, 2.75) is 26.9 Å². The van der Waals surface area contributed by atoms with E-state index in [1.54, 1.807) is 35.9 Å². The Morgan fingerprint density at radius 1 is 1.17 bits per heavy atom. The Morgan fingerprint density at radius 3 is 2.50 bits per heavy atom. The molecule has 0 fully saturated rings. The first-order valence-corrected chi connectivity index (χ1v) is 9.14. The number of aryl methyl sites for hydroxylation is 1. The van der Waals surface area contributed by atoms with Gasteiger partial charge in [-0.1, -0.05) is 0 Å². The second-order valence-electron chi connectivity index (χ2n) is 6.45. The van der Waals surface area contributed by atoms with Gasteiger partial charge >= 0.3 is 5.97 Å². The Bertz CT molecular complexity index is 1080. The summed E-state index contributed by atoms with van der Waals surface area (Å²) < 4.78 is 19.9. The maximum atomic E-state index is 13.2. The van der Waals surface area contributed by atoms with Crippen LogP contribution in [-0.2, 0) is 14.3 Å². The highest BCUT2D eigenvalue weighted by Gasteiger charge is 2.18. The minimum absolute atomic E-state index is 0.125. The second-order valence-corrected chi connectivity index (χ2v) is 6.45. The van der Waals surface area contributed by atoms with Crippen LogP contribution in [0.4, 0.5) is 10.3 Å². The van der Waals surface area contributed by atoms with E-state index in [0.717, 1.165) is 11.3 Å². The van der Waals surface area contributed by atoms with E-state index in [9.17, 15) is 14.0 Å². The number of rotatable bonds is 6. The number of ether oxygens (including phenoxy) is 1. The zero-order valence-corrected chi connectivity index (χ0v) is 16.7. The predicted molar refractivity (Wildman–Crippen MR) is 108 cm³/mol. The fraction of sp³-hybridized carbons (Fsp3) is 0.190. The summed E-state index contributed by atoms with van der Waals surface area (Å²) in [4.78, 5) is 32.0. The number of halogens is 1. The molecule has 1 aromatic carbocycles. The molecule has 3 rings (SSSR count). The molecule has 0 saturated heterocycles. The zero-order chi connectivity index (χ0) is 21.7. The normalized spacial score (nSPS) is 12.0. The van der Waals surface area contributed by atoms with Crippen LogP contribution in [0.1, 0.15) is 23.9 Å². The lowest BCUT2D eigenvalue weighted by Gasteiger charge is -2.11. The fourth-order valence-electron chi connectivity index (χ4n) is 2.72. The molecule has 0 aliphatic carbocycles. The van der Waals surface area contributed by atoms with Gasteiger partial charge in [0.05, 0.1) is 11.4 Å². The quantitative estimate of drug-likeness (QED) is 0.496. The van der Waals surface area contributed by atoms with Gasteiger partial charge < -0.3 is 4.74 Å². The van der Waals surface area contributed by atoms with Crippen molar-refractivity contribution >= 4 is 23.9 Å². The number of anilines is 1. The first-order chi connectivity index (χ1) is 14.3. The molecule has 1 amide bonds. The molecule has 0 aliphatic rings. The fourth-order valence-corrected chi connectivity index (χ4v) is 2.72. The van der Waals surface area contributed by atoms with Crippen LogP contribution in [0.5, 0.6) is 0 Å². The Kier molecular flexibility index (Phi) is 6.31. The SMILES string of the molecule is Cc1nn(-c2ccc(F)cc2)c(C)c1/C=C/C(=O)OC(C)C(=O)Nc1ncccn1. The van der Waals surface area contributed by atoms with Crippen molar-refractivity contribution in [1.29, 1.82) is 0 Å². The van der Waals surface area contributed by atoms with Gasteiger partial charge in [-0.3, -0.25) is 10.1 Å². The number of nitrogens with one attached hydrogen (secondary N) is 1. The first-order valence-electron chi connectivity index (χ1n) is 9.14. The van der Waals surface area contributed by atoms with Crippen molar-refractivity contribution in [3.8, 4) is 5.69 Å². The summed E-state index contributed by atoms with van der Waals surface area (Å²) in [5.74, 6) is -1.43. The number of esters is 1. The molecule has 9 heteroatoms. The topological polar surface area (TPSA) is 99.0 Å². The van der Waals surface area contributed by atoms with Crippen molar-refractivity contribution in [2.24, 2.45) is 0 Å². The molecule has 0 spiro atoms. The van der Waals surface area contributed by atoms with Crippen molar-refractivity contribution in [2.75, 3.05) is 5.32 Å².